The van der Waals surface area contributed by atoms with Gasteiger partial charge in [-0.1, -0.05) is 12.1 Å². The molecule has 1 aliphatic heterocycles. The fraction of sp³-hybridized carbons (Fsp3) is 0.556. The van der Waals surface area contributed by atoms with Crippen molar-refractivity contribution in [3.63, 3.8) is 0 Å². The molecular weight excluding hydrogens is 509 g/mol. The molecule has 1 aliphatic rings. The van der Waals surface area contributed by atoms with E-state index in [9.17, 15) is 4.79 Å². The molecule has 0 radical (unpaired) electrons. The van der Waals surface area contributed by atoms with E-state index in [1.807, 2.05) is 26.8 Å². The molecule has 0 aliphatic carbocycles. The molecule has 0 aromatic heterocycles. The Kier molecular flexibility index (Phi) is 9.15. The number of carbonyl (C=O) groups is 1. The number of para-hydroxylation sites is 1. The second kappa shape index (κ2) is 10.3. The minimum absolute atomic E-state index is 0. The SMILES string of the molecule is CN=C(NCC(=O)NC(C)(C)C)NC1CCN(c2ccccc2Br)C1.I. The van der Waals surface area contributed by atoms with Gasteiger partial charge in [0.1, 0.15) is 0 Å². The van der Waals surface area contributed by atoms with Crippen LogP contribution in [0.2, 0.25) is 0 Å². The normalized spacial score (nSPS) is 17.5. The van der Waals surface area contributed by atoms with Crippen molar-refractivity contribution in [1.82, 2.24) is 16.0 Å². The molecule has 1 aromatic carbocycles. The molecule has 6 nitrogen and oxygen atoms in total. The maximum absolute atomic E-state index is 11.9. The third-order valence-corrected chi connectivity index (χ3v) is 4.55. The van der Waals surface area contributed by atoms with Gasteiger partial charge in [0, 0.05) is 36.2 Å². The van der Waals surface area contributed by atoms with Crippen LogP contribution in [0.3, 0.4) is 0 Å². The Morgan fingerprint density at radius 3 is 2.65 bits per heavy atom. The zero-order valence-corrected chi connectivity index (χ0v) is 19.7. The van der Waals surface area contributed by atoms with E-state index < -0.39 is 0 Å². The van der Waals surface area contributed by atoms with Gasteiger partial charge in [-0.3, -0.25) is 9.79 Å². The molecule has 3 N–H and O–H groups in total. The quantitative estimate of drug-likeness (QED) is 0.314. The number of anilines is 1. The number of amides is 1. The van der Waals surface area contributed by atoms with Crippen molar-refractivity contribution in [1.29, 1.82) is 0 Å². The van der Waals surface area contributed by atoms with Gasteiger partial charge >= 0.3 is 0 Å². The van der Waals surface area contributed by atoms with Gasteiger partial charge in [0.25, 0.3) is 0 Å². The van der Waals surface area contributed by atoms with Gasteiger partial charge in [-0.25, -0.2) is 0 Å². The summed E-state index contributed by atoms with van der Waals surface area (Å²) in [5.74, 6) is 0.611. The molecule has 26 heavy (non-hydrogen) atoms. The number of guanidine groups is 1. The molecule has 146 valence electrons. The number of nitrogens with zero attached hydrogens (tertiary/aromatic N) is 2. The zero-order valence-electron chi connectivity index (χ0n) is 15.8. The number of halogens is 2. The van der Waals surface area contributed by atoms with Crippen LogP contribution >= 0.6 is 39.9 Å². The molecule has 8 heteroatoms. The van der Waals surface area contributed by atoms with Crippen molar-refractivity contribution in [2.75, 3.05) is 31.6 Å². The van der Waals surface area contributed by atoms with Gasteiger partial charge in [-0.15, -0.1) is 24.0 Å². The summed E-state index contributed by atoms with van der Waals surface area (Å²) in [6.45, 7) is 7.99. The van der Waals surface area contributed by atoms with Crippen LogP contribution in [0, 0.1) is 0 Å². The van der Waals surface area contributed by atoms with Crippen LogP contribution in [0.5, 0.6) is 0 Å². The molecule has 2 rings (SSSR count). The lowest BCUT2D eigenvalue weighted by Gasteiger charge is -2.22. The molecule has 0 bridgehead atoms. The Bertz CT molecular complexity index is 632. The van der Waals surface area contributed by atoms with Crippen molar-refractivity contribution < 1.29 is 4.79 Å². The van der Waals surface area contributed by atoms with Gasteiger partial charge in [-0.2, -0.15) is 0 Å². The molecule has 0 spiro atoms. The van der Waals surface area contributed by atoms with Gasteiger partial charge in [0.15, 0.2) is 5.96 Å². The van der Waals surface area contributed by atoms with Crippen molar-refractivity contribution in [2.24, 2.45) is 4.99 Å². The molecule has 1 heterocycles. The van der Waals surface area contributed by atoms with Gasteiger partial charge < -0.3 is 20.9 Å². The monoisotopic (exact) mass is 537 g/mol. The molecule has 1 atom stereocenters. The summed E-state index contributed by atoms with van der Waals surface area (Å²) in [7, 11) is 1.72. The topological polar surface area (TPSA) is 68.8 Å². The number of rotatable bonds is 4. The highest BCUT2D eigenvalue weighted by Gasteiger charge is 2.24. The average Bonchev–Trinajstić information content (AvgIpc) is 2.98. The van der Waals surface area contributed by atoms with Crippen molar-refractivity contribution in [3.8, 4) is 0 Å². The first-order chi connectivity index (χ1) is 11.8. The summed E-state index contributed by atoms with van der Waals surface area (Å²) in [5, 5.41) is 9.42. The van der Waals surface area contributed by atoms with Crippen molar-refractivity contribution in [2.45, 2.75) is 38.8 Å². The standard InChI is InChI=1S/C18H28BrN5O.HI/c1-18(2,3)23-16(25)11-21-17(20-4)22-13-9-10-24(12-13)15-8-6-5-7-14(15)19;/h5-8,13H,9-12H2,1-4H3,(H,23,25)(H2,20,21,22);1H. The first-order valence-corrected chi connectivity index (χ1v) is 9.35. The van der Waals surface area contributed by atoms with Gasteiger partial charge in [-0.05, 0) is 55.3 Å². The summed E-state index contributed by atoms with van der Waals surface area (Å²) in [4.78, 5) is 18.5. The van der Waals surface area contributed by atoms with Gasteiger partial charge in [0.2, 0.25) is 5.91 Å². The summed E-state index contributed by atoms with van der Waals surface area (Å²) in [6, 6.07) is 8.55. The number of nitrogens with one attached hydrogen (secondary N) is 3. The van der Waals surface area contributed by atoms with Crippen LogP contribution in [0.15, 0.2) is 33.7 Å². The summed E-state index contributed by atoms with van der Waals surface area (Å²) >= 11 is 3.61. The number of hydrogen-bond acceptors (Lipinski definition) is 3. The van der Waals surface area contributed by atoms with Gasteiger partial charge in [0.05, 0.1) is 12.2 Å². The van der Waals surface area contributed by atoms with E-state index in [1.165, 1.54) is 5.69 Å². The van der Waals surface area contributed by atoms with Crippen molar-refractivity contribution >= 4 is 57.5 Å². The van der Waals surface area contributed by atoms with E-state index in [2.05, 4.69) is 60.0 Å². The third-order valence-electron chi connectivity index (χ3n) is 3.88. The number of benzene rings is 1. The fourth-order valence-electron chi connectivity index (χ4n) is 2.82. The summed E-state index contributed by atoms with van der Waals surface area (Å²) in [5.41, 5.74) is 0.976. The maximum Gasteiger partial charge on any atom is 0.239 e. The lowest BCUT2D eigenvalue weighted by molar-refractivity contribution is -0.121. The van der Waals surface area contributed by atoms with Crippen molar-refractivity contribution in [3.05, 3.63) is 28.7 Å². The Labute approximate surface area is 181 Å². The summed E-state index contributed by atoms with van der Waals surface area (Å²) < 4.78 is 1.11. The van der Waals surface area contributed by atoms with E-state index in [0.29, 0.717) is 12.0 Å². The van der Waals surface area contributed by atoms with E-state index in [-0.39, 0.29) is 42.0 Å². The van der Waals surface area contributed by atoms with E-state index >= 15 is 0 Å². The molecule has 1 unspecified atom stereocenters. The van der Waals surface area contributed by atoms with E-state index in [0.717, 1.165) is 24.0 Å². The van der Waals surface area contributed by atoms with Crippen LogP contribution in [-0.2, 0) is 4.79 Å². The Morgan fingerprint density at radius 1 is 1.35 bits per heavy atom. The van der Waals surface area contributed by atoms with Crippen LogP contribution in [0.4, 0.5) is 5.69 Å². The molecule has 1 saturated heterocycles. The molecule has 1 aromatic rings. The highest BCUT2D eigenvalue weighted by atomic mass is 127. The minimum Gasteiger partial charge on any atom is -0.368 e. The lowest BCUT2D eigenvalue weighted by Crippen LogP contribution is -2.50. The molecule has 1 fully saturated rings. The fourth-order valence-corrected chi connectivity index (χ4v) is 3.36. The van der Waals surface area contributed by atoms with Crippen LogP contribution in [0.25, 0.3) is 0 Å². The molecule has 0 saturated carbocycles. The lowest BCUT2D eigenvalue weighted by atomic mass is 10.1. The second-order valence-electron chi connectivity index (χ2n) is 7.25. The number of hydrogen-bond donors (Lipinski definition) is 3. The zero-order chi connectivity index (χ0) is 18.4. The maximum atomic E-state index is 11.9. The molecule has 1 amide bonds. The number of carbonyl (C=O) groups excluding carboxylic acids is 1. The second-order valence-corrected chi connectivity index (χ2v) is 8.11. The summed E-state index contributed by atoms with van der Waals surface area (Å²) in [6.07, 6.45) is 1.02. The van der Waals surface area contributed by atoms with Crippen LogP contribution in [0.1, 0.15) is 27.2 Å². The van der Waals surface area contributed by atoms with Crippen LogP contribution < -0.4 is 20.9 Å². The minimum atomic E-state index is -0.231. The largest absolute Gasteiger partial charge is 0.368 e. The highest BCUT2D eigenvalue weighted by Crippen LogP contribution is 2.28. The van der Waals surface area contributed by atoms with E-state index in [1.54, 1.807) is 7.05 Å². The Balaban J connectivity index is 0.00000338. The Hall–Kier alpha value is -1.03. The van der Waals surface area contributed by atoms with E-state index in [4.69, 9.17) is 0 Å². The Morgan fingerprint density at radius 2 is 2.04 bits per heavy atom. The molecular formula is C18H29BrIN5O. The highest BCUT2D eigenvalue weighted by molar-refractivity contribution is 14.0. The first-order valence-electron chi connectivity index (χ1n) is 8.56. The third kappa shape index (κ3) is 7.30. The smallest absolute Gasteiger partial charge is 0.239 e. The number of aliphatic imine (C=N–C) groups is 1. The predicted molar refractivity (Wildman–Crippen MR) is 123 cm³/mol. The van der Waals surface area contributed by atoms with Crippen LogP contribution in [-0.4, -0.2) is 50.1 Å². The predicted octanol–water partition coefficient (Wildman–Crippen LogP) is 2.73. The first kappa shape index (κ1) is 23.0. The average molecular weight is 538 g/mol.